The van der Waals surface area contributed by atoms with Gasteiger partial charge in [-0.25, -0.2) is 4.79 Å². The number of nitrogens with one attached hydrogen (secondary N) is 1. The van der Waals surface area contributed by atoms with Crippen LogP contribution in [0.4, 0.5) is 0 Å². The van der Waals surface area contributed by atoms with Gasteiger partial charge in [0, 0.05) is 11.0 Å². The Labute approximate surface area is 121 Å². The Morgan fingerprint density at radius 3 is 2.79 bits per heavy atom. The number of rotatable bonds is 6. The minimum Gasteiger partial charge on any atom is -0.480 e. The van der Waals surface area contributed by atoms with Crippen molar-refractivity contribution in [1.82, 2.24) is 5.32 Å². The van der Waals surface area contributed by atoms with E-state index in [1.54, 1.807) is 11.8 Å². The van der Waals surface area contributed by atoms with Gasteiger partial charge in [0.1, 0.15) is 5.54 Å². The monoisotopic (exact) mass is 306 g/mol. The molecule has 3 unspecified atom stereocenters. The normalized spacial score (nSPS) is 28.4. The Balaban J connectivity index is 2.91. The number of amides is 1. The van der Waals surface area contributed by atoms with E-state index in [-0.39, 0.29) is 23.3 Å². The van der Waals surface area contributed by atoms with Gasteiger partial charge in [-0.3, -0.25) is 4.79 Å². The van der Waals surface area contributed by atoms with Crippen LogP contribution in [0.3, 0.4) is 0 Å². The third-order valence-electron chi connectivity index (χ3n) is 3.12. The molecule has 0 radical (unpaired) electrons. The Hall–Kier alpha value is -0.760. The molecule has 0 saturated carbocycles. The Kier molecular flexibility index (Phi) is 6.12. The minimum absolute atomic E-state index is 0.142. The number of carbonyl (C=O) groups excluding carboxylic acids is 1. The van der Waals surface area contributed by atoms with Crippen molar-refractivity contribution in [3.63, 3.8) is 0 Å². The number of hydrogen-bond donors (Lipinski definition) is 3. The van der Waals surface area contributed by atoms with E-state index < -0.39 is 17.6 Å². The highest BCUT2D eigenvalue weighted by Gasteiger charge is 2.48. The van der Waals surface area contributed by atoms with Crippen molar-refractivity contribution in [2.24, 2.45) is 5.18 Å². The molecule has 0 aromatic heterocycles. The lowest BCUT2D eigenvalue weighted by Crippen LogP contribution is -2.58. The van der Waals surface area contributed by atoms with E-state index in [4.69, 9.17) is 0 Å². The van der Waals surface area contributed by atoms with Crippen molar-refractivity contribution in [3.8, 4) is 0 Å². The number of nitrogens with zero attached hydrogens (tertiary/aromatic N) is 1. The Morgan fingerprint density at radius 2 is 2.32 bits per heavy atom. The molecule has 1 rings (SSSR count). The van der Waals surface area contributed by atoms with Crippen LogP contribution in [0.15, 0.2) is 5.18 Å². The van der Waals surface area contributed by atoms with E-state index in [1.165, 1.54) is 0 Å². The first kappa shape index (κ1) is 16.3. The molecule has 1 amide bonds. The molecule has 1 heterocycles. The summed E-state index contributed by atoms with van der Waals surface area (Å²) in [6.07, 6.45) is 1.43. The molecule has 6 nitrogen and oxygen atoms in total. The van der Waals surface area contributed by atoms with Crippen molar-refractivity contribution >= 4 is 36.3 Å². The molecule has 0 bridgehead atoms. The molecule has 0 aromatic rings. The SMILES string of the molecule is CCCC(=O)NC(C(=O)O)C1(N=O)CCSC(S)C1. The van der Waals surface area contributed by atoms with Gasteiger partial charge >= 0.3 is 5.97 Å². The fourth-order valence-electron chi connectivity index (χ4n) is 2.12. The summed E-state index contributed by atoms with van der Waals surface area (Å²) >= 11 is 5.84. The zero-order valence-corrected chi connectivity index (χ0v) is 12.4. The molecule has 1 aliphatic heterocycles. The van der Waals surface area contributed by atoms with E-state index in [0.29, 0.717) is 18.6 Å². The lowest BCUT2D eigenvalue weighted by Gasteiger charge is -2.37. The molecule has 2 N–H and O–H groups in total. The average Bonchev–Trinajstić information content (AvgIpc) is 2.35. The molecule has 19 heavy (non-hydrogen) atoms. The molecule has 1 saturated heterocycles. The van der Waals surface area contributed by atoms with Gasteiger partial charge in [0.05, 0.1) is 0 Å². The van der Waals surface area contributed by atoms with Crippen molar-refractivity contribution in [2.45, 2.75) is 48.8 Å². The number of carboxylic acids is 1. The first-order valence-electron chi connectivity index (χ1n) is 6.11. The molecule has 0 aromatic carbocycles. The van der Waals surface area contributed by atoms with Crippen LogP contribution >= 0.6 is 24.4 Å². The molecular formula is C11H18N2O4S2. The largest absolute Gasteiger partial charge is 0.480 e. The third-order valence-corrected chi connectivity index (χ3v) is 4.74. The third kappa shape index (κ3) is 4.10. The van der Waals surface area contributed by atoms with Crippen molar-refractivity contribution in [1.29, 1.82) is 0 Å². The van der Waals surface area contributed by atoms with E-state index >= 15 is 0 Å². The minimum atomic E-state index is -1.30. The van der Waals surface area contributed by atoms with Crippen LogP contribution in [0, 0.1) is 4.91 Å². The van der Waals surface area contributed by atoms with E-state index in [2.05, 4.69) is 23.1 Å². The highest BCUT2D eigenvalue weighted by Crippen LogP contribution is 2.39. The molecule has 3 atom stereocenters. The first-order chi connectivity index (χ1) is 8.95. The zero-order valence-electron chi connectivity index (χ0n) is 10.7. The van der Waals surface area contributed by atoms with Crippen LogP contribution in [0.25, 0.3) is 0 Å². The van der Waals surface area contributed by atoms with Gasteiger partial charge in [-0.05, 0) is 25.0 Å². The maximum atomic E-state index is 11.6. The van der Waals surface area contributed by atoms with Gasteiger partial charge in [-0.1, -0.05) is 12.1 Å². The standard InChI is InChI=1S/C11H18N2O4S2/c1-2-3-7(14)12-9(10(15)16)11(13-17)4-5-19-8(18)6-11/h8-9,18H,2-6H2,1H3,(H,12,14)(H,15,16). The molecule has 0 aliphatic carbocycles. The van der Waals surface area contributed by atoms with E-state index in [9.17, 15) is 19.6 Å². The van der Waals surface area contributed by atoms with Crippen LogP contribution in [0.2, 0.25) is 0 Å². The number of nitroso groups, excluding NO2 is 1. The topological polar surface area (TPSA) is 95.8 Å². The van der Waals surface area contributed by atoms with Crippen molar-refractivity contribution in [2.75, 3.05) is 5.75 Å². The fraction of sp³-hybridized carbons (Fsp3) is 0.818. The quantitative estimate of drug-likeness (QED) is 0.512. The predicted octanol–water partition coefficient (Wildman–Crippen LogP) is 1.64. The number of carboxylic acid groups (broad SMARTS) is 1. The number of hydrogen-bond acceptors (Lipinski definition) is 6. The van der Waals surface area contributed by atoms with Gasteiger partial charge in [-0.15, -0.1) is 11.8 Å². The Morgan fingerprint density at radius 1 is 1.63 bits per heavy atom. The van der Waals surface area contributed by atoms with Crippen LogP contribution in [-0.2, 0) is 9.59 Å². The van der Waals surface area contributed by atoms with Crippen LogP contribution in [0.5, 0.6) is 0 Å². The molecule has 0 spiro atoms. The second kappa shape index (κ2) is 7.14. The van der Waals surface area contributed by atoms with Crippen LogP contribution in [-0.4, -0.2) is 38.9 Å². The van der Waals surface area contributed by atoms with Gasteiger partial charge in [0.15, 0.2) is 6.04 Å². The second-order valence-electron chi connectivity index (χ2n) is 4.56. The number of thioether (sulfide) groups is 1. The summed E-state index contributed by atoms with van der Waals surface area (Å²) in [5.74, 6) is -0.990. The molecule has 108 valence electrons. The zero-order chi connectivity index (χ0) is 14.5. The summed E-state index contributed by atoms with van der Waals surface area (Å²) in [7, 11) is 0. The lowest BCUT2D eigenvalue weighted by atomic mass is 9.84. The summed E-state index contributed by atoms with van der Waals surface area (Å²) in [5.41, 5.74) is -1.30. The predicted molar refractivity (Wildman–Crippen MR) is 77.5 cm³/mol. The summed E-state index contributed by atoms with van der Waals surface area (Å²) < 4.78 is -0.142. The van der Waals surface area contributed by atoms with Crippen molar-refractivity contribution < 1.29 is 14.7 Å². The smallest absolute Gasteiger partial charge is 0.328 e. The number of aliphatic carboxylic acids is 1. The summed E-state index contributed by atoms with van der Waals surface area (Å²) in [5, 5.41) is 14.8. The second-order valence-corrected chi connectivity index (χ2v) is 6.85. The van der Waals surface area contributed by atoms with Crippen LogP contribution < -0.4 is 5.32 Å². The first-order valence-corrected chi connectivity index (χ1v) is 7.68. The lowest BCUT2D eigenvalue weighted by molar-refractivity contribution is -0.144. The summed E-state index contributed by atoms with van der Waals surface area (Å²) in [6.45, 7) is 1.82. The van der Waals surface area contributed by atoms with Gasteiger partial charge in [0.2, 0.25) is 5.91 Å². The van der Waals surface area contributed by atoms with E-state index in [1.807, 2.05) is 6.92 Å². The number of thiol groups is 1. The Bertz CT molecular complexity index is 367. The molecule has 1 aliphatic rings. The average molecular weight is 306 g/mol. The summed E-state index contributed by atoms with van der Waals surface area (Å²) in [6, 6.07) is -1.28. The number of carbonyl (C=O) groups is 2. The van der Waals surface area contributed by atoms with Gasteiger partial charge in [0.25, 0.3) is 0 Å². The maximum absolute atomic E-state index is 11.6. The van der Waals surface area contributed by atoms with Crippen molar-refractivity contribution in [3.05, 3.63) is 4.91 Å². The maximum Gasteiger partial charge on any atom is 0.328 e. The summed E-state index contributed by atoms with van der Waals surface area (Å²) in [4.78, 5) is 34.2. The van der Waals surface area contributed by atoms with Crippen LogP contribution in [0.1, 0.15) is 32.6 Å². The highest BCUT2D eigenvalue weighted by molar-refractivity contribution is 8.10. The molecule has 8 heteroatoms. The fourth-order valence-corrected chi connectivity index (χ4v) is 3.90. The van der Waals surface area contributed by atoms with Gasteiger partial charge in [-0.2, -0.15) is 17.5 Å². The van der Waals surface area contributed by atoms with E-state index in [0.717, 1.165) is 0 Å². The highest BCUT2D eigenvalue weighted by atomic mass is 32.2. The molecular weight excluding hydrogens is 288 g/mol. The molecule has 1 fully saturated rings. The van der Waals surface area contributed by atoms with Gasteiger partial charge < -0.3 is 10.4 Å².